The molecular formula is C24H16Cl3NO3. The van der Waals surface area contributed by atoms with Gasteiger partial charge < -0.3 is 9.47 Å². The molecule has 0 N–H and O–H groups in total. The molecule has 4 rings (SSSR count). The van der Waals surface area contributed by atoms with Crippen molar-refractivity contribution < 1.29 is 14.3 Å². The summed E-state index contributed by atoms with van der Waals surface area (Å²) in [5.41, 5.74) is 3.43. The largest absolute Gasteiger partial charge is 0.489 e. The minimum Gasteiger partial charge on any atom is -0.489 e. The van der Waals surface area contributed by atoms with Crippen molar-refractivity contribution in [2.45, 2.75) is 13.5 Å². The normalized spacial score (nSPS) is 14.5. The van der Waals surface area contributed by atoms with E-state index in [2.05, 4.69) is 4.99 Å². The quantitative estimate of drug-likeness (QED) is 0.300. The molecule has 0 aromatic heterocycles. The molecule has 0 radical (unpaired) electrons. The maximum absolute atomic E-state index is 12.3. The lowest BCUT2D eigenvalue weighted by molar-refractivity contribution is -0.129. The van der Waals surface area contributed by atoms with Crippen LogP contribution >= 0.6 is 34.8 Å². The van der Waals surface area contributed by atoms with Gasteiger partial charge in [0.15, 0.2) is 5.70 Å². The van der Waals surface area contributed by atoms with Gasteiger partial charge >= 0.3 is 5.97 Å². The molecule has 0 aliphatic carbocycles. The summed E-state index contributed by atoms with van der Waals surface area (Å²) in [6, 6.07) is 18.1. The van der Waals surface area contributed by atoms with Crippen molar-refractivity contribution in [1.82, 2.24) is 0 Å². The van der Waals surface area contributed by atoms with E-state index >= 15 is 0 Å². The molecule has 31 heavy (non-hydrogen) atoms. The van der Waals surface area contributed by atoms with Gasteiger partial charge in [0, 0.05) is 10.6 Å². The molecule has 0 unspecified atom stereocenters. The molecule has 1 aliphatic rings. The fourth-order valence-corrected chi connectivity index (χ4v) is 3.41. The highest BCUT2D eigenvalue weighted by atomic mass is 35.5. The molecular weight excluding hydrogens is 457 g/mol. The molecule has 7 heteroatoms. The number of hydrogen-bond donors (Lipinski definition) is 0. The number of hydrogen-bond acceptors (Lipinski definition) is 4. The first-order valence-corrected chi connectivity index (χ1v) is 10.5. The summed E-state index contributed by atoms with van der Waals surface area (Å²) in [6.07, 6.45) is 1.65. The zero-order valence-electron chi connectivity index (χ0n) is 16.4. The molecule has 0 fully saturated rings. The van der Waals surface area contributed by atoms with E-state index in [0.29, 0.717) is 33.0 Å². The number of ether oxygens (including phenoxy) is 2. The smallest absolute Gasteiger partial charge is 0.363 e. The monoisotopic (exact) mass is 471 g/mol. The SMILES string of the molecule is Cc1ccc(C2=N/C(=C/c3cccc(OCc4ccc(Cl)c(Cl)c4)c3)C(=O)O2)cc1Cl. The summed E-state index contributed by atoms with van der Waals surface area (Å²) < 4.78 is 11.1. The van der Waals surface area contributed by atoms with Crippen LogP contribution in [0.3, 0.4) is 0 Å². The molecule has 0 amide bonds. The number of benzene rings is 3. The number of carbonyl (C=O) groups excluding carboxylic acids is 1. The highest BCUT2D eigenvalue weighted by molar-refractivity contribution is 6.42. The van der Waals surface area contributed by atoms with E-state index in [9.17, 15) is 4.79 Å². The predicted molar refractivity (Wildman–Crippen MR) is 124 cm³/mol. The first-order chi connectivity index (χ1) is 14.9. The van der Waals surface area contributed by atoms with Gasteiger partial charge in [0.05, 0.1) is 10.0 Å². The van der Waals surface area contributed by atoms with Crippen LogP contribution in [0.4, 0.5) is 0 Å². The zero-order chi connectivity index (χ0) is 22.0. The van der Waals surface area contributed by atoms with Crippen molar-refractivity contribution >= 4 is 52.7 Å². The molecule has 3 aromatic rings. The van der Waals surface area contributed by atoms with Gasteiger partial charge in [-0.15, -0.1) is 0 Å². The van der Waals surface area contributed by atoms with Gasteiger partial charge in [0.1, 0.15) is 12.4 Å². The Morgan fingerprint density at radius 3 is 2.58 bits per heavy atom. The second-order valence-electron chi connectivity index (χ2n) is 6.91. The number of esters is 1. The van der Waals surface area contributed by atoms with E-state index in [1.807, 2.05) is 49.4 Å². The standard InChI is InChI=1S/C24H16Cl3NO3/c1-14-5-7-17(12-20(14)26)23-28-22(24(29)31-23)11-15-3-2-4-18(9-15)30-13-16-6-8-19(25)21(27)10-16/h2-12H,13H2,1H3/b22-11+. The van der Waals surface area contributed by atoms with Gasteiger partial charge in [-0.25, -0.2) is 9.79 Å². The van der Waals surface area contributed by atoms with Gasteiger partial charge in [-0.2, -0.15) is 0 Å². The third-order valence-corrected chi connectivity index (χ3v) is 5.74. The molecule has 1 aliphatic heterocycles. The highest BCUT2D eigenvalue weighted by Crippen LogP contribution is 2.25. The average Bonchev–Trinajstić information content (AvgIpc) is 3.11. The Hall–Kier alpha value is -2.79. The Morgan fingerprint density at radius 1 is 0.968 bits per heavy atom. The Balaban J connectivity index is 1.51. The van der Waals surface area contributed by atoms with Crippen LogP contribution in [0.2, 0.25) is 15.1 Å². The number of carbonyl (C=O) groups is 1. The molecule has 156 valence electrons. The lowest BCUT2D eigenvalue weighted by atomic mass is 10.1. The van der Waals surface area contributed by atoms with Crippen molar-refractivity contribution in [2.24, 2.45) is 4.99 Å². The van der Waals surface area contributed by atoms with Crippen LogP contribution in [0.5, 0.6) is 5.75 Å². The van der Waals surface area contributed by atoms with Gasteiger partial charge in [-0.1, -0.05) is 59.1 Å². The van der Waals surface area contributed by atoms with Crippen LogP contribution in [0, 0.1) is 6.92 Å². The van der Waals surface area contributed by atoms with Crippen molar-refractivity contribution in [3.05, 3.63) is 104 Å². The number of cyclic esters (lactones) is 1. The van der Waals surface area contributed by atoms with Crippen LogP contribution in [-0.4, -0.2) is 11.9 Å². The molecule has 0 atom stereocenters. The second-order valence-corrected chi connectivity index (χ2v) is 8.13. The lowest BCUT2D eigenvalue weighted by Gasteiger charge is -2.08. The Bertz CT molecular complexity index is 1230. The molecule has 1 heterocycles. The average molecular weight is 473 g/mol. The van der Waals surface area contributed by atoms with Gasteiger partial charge in [-0.3, -0.25) is 0 Å². The summed E-state index contributed by atoms with van der Waals surface area (Å²) in [5, 5.41) is 1.56. The third-order valence-electron chi connectivity index (χ3n) is 4.59. The van der Waals surface area contributed by atoms with E-state index in [1.165, 1.54) is 0 Å². The van der Waals surface area contributed by atoms with E-state index in [1.54, 1.807) is 24.3 Å². The number of aryl methyl sites for hydroxylation is 1. The summed E-state index contributed by atoms with van der Waals surface area (Å²) in [7, 11) is 0. The second kappa shape index (κ2) is 9.15. The summed E-state index contributed by atoms with van der Waals surface area (Å²) in [6.45, 7) is 2.23. The zero-order valence-corrected chi connectivity index (χ0v) is 18.6. The first kappa shape index (κ1) is 21.4. The maximum atomic E-state index is 12.3. The number of aliphatic imine (C=N–C) groups is 1. The van der Waals surface area contributed by atoms with E-state index < -0.39 is 5.97 Å². The van der Waals surface area contributed by atoms with Crippen LogP contribution in [0.25, 0.3) is 6.08 Å². The number of halogens is 3. The summed E-state index contributed by atoms with van der Waals surface area (Å²) >= 11 is 18.1. The topological polar surface area (TPSA) is 47.9 Å². The first-order valence-electron chi connectivity index (χ1n) is 9.35. The minimum atomic E-state index is -0.520. The number of nitrogens with zero attached hydrogens (tertiary/aromatic N) is 1. The molecule has 0 saturated heterocycles. The van der Waals surface area contributed by atoms with Crippen molar-refractivity contribution in [1.29, 1.82) is 0 Å². The molecule has 4 nitrogen and oxygen atoms in total. The predicted octanol–water partition coefficient (Wildman–Crippen LogP) is 6.88. The van der Waals surface area contributed by atoms with Crippen molar-refractivity contribution in [2.75, 3.05) is 0 Å². The molecule has 3 aromatic carbocycles. The van der Waals surface area contributed by atoms with E-state index in [4.69, 9.17) is 44.3 Å². The fourth-order valence-electron chi connectivity index (χ4n) is 2.91. The maximum Gasteiger partial charge on any atom is 0.363 e. The van der Waals surface area contributed by atoms with E-state index in [-0.39, 0.29) is 11.6 Å². The third kappa shape index (κ3) is 5.10. The van der Waals surface area contributed by atoms with Crippen LogP contribution in [-0.2, 0) is 16.1 Å². The Morgan fingerprint density at radius 2 is 1.81 bits per heavy atom. The molecule has 0 spiro atoms. The Labute approximate surface area is 194 Å². The highest BCUT2D eigenvalue weighted by Gasteiger charge is 2.24. The lowest BCUT2D eigenvalue weighted by Crippen LogP contribution is -2.05. The van der Waals surface area contributed by atoms with Crippen molar-refractivity contribution in [3.63, 3.8) is 0 Å². The number of rotatable bonds is 5. The van der Waals surface area contributed by atoms with Crippen LogP contribution < -0.4 is 4.74 Å². The minimum absolute atomic E-state index is 0.202. The van der Waals surface area contributed by atoms with Crippen LogP contribution in [0.15, 0.2) is 71.4 Å². The van der Waals surface area contributed by atoms with Gasteiger partial charge in [0.2, 0.25) is 5.90 Å². The molecule has 0 bridgehead atoms. The van der Waals surface area contributed by atoms with Crippen LogP contribution in [0.1, 0.15) is 22.3 Å². The van der Waals surface area contributed by atoms with E-state index in [0.717, 1.165) is 16.7 Å². The summed E-state index contributed by atoms with van der Waals surface area (Å²) in [4.78, 5) is 16.6. The van der Waals surface area contributed by atoms with Crippen molar-refractivity contribution in [3.8, 4) is 5.75 Å². The summed E-state index contributed by atoms with van der Waals surface area (Å²) in [5.74, 6) is 0.348. The molecule has 0 saturated carbocycles. The van der Waals surface area contributed by atoms with Gasteiger partial charge in [0.25, 0.3) is 0 Å². The Kier molecular flexibility index (Phi) is 6.33. The van der Waals surface area contributed by atoms with Gasteiger partial charge in [-0.05, 0) is 66.1 Å². The fraction of sp³-hybridized carbons (Fsp3) is 0.0833.